The van der Waals surface area contributed by atoms with Crippen LogP contribution in [0.1, 0.15) is 18.9 Å². The summed E-state index contributed by atoms with van der Waals surface area (Å²) >= 11 is 0. The van der Waals surface area contributed by atoms with Crippen LogP contribution in [0.15, 0.2) is 12.4 Å². The standard InChI is InChI=1S/C13H22N4O2/c1-18-13(19-2)9-16(10-13)12-7-15-17(8-12)11-3-5-14-6-4-11/h7-8,11,14H,3-6,9-10H2,1-2H3. The molecule has 0 aliphatic carbocycles. The number of nitrogens with one attached hydrogen (secondary N) is 1. The number of piperidine rings is 1. The van der Waals surface area contributed by atoms with Gasteiger partial charge in [-0.2, -0.15) is 5.10 Å². The van der Waals surface area contributed by atoms with Crippen molar-refractivity contribution in [2.75, 3.05) is 45.3 Å². The summed E-state index contributed by atoms with van der Waals surface area (Å²) in [5.74, 6) is -0.434. The van der Waals surface area contributed by atoms with E-state index in [9.17, 15) is 0 Å². The fourth-order valence-corrected chi connectivity index (χ4v) is 2.82. The molecule has 6 heteroatoms. The van der Waals surface area contributed by atoms with E-state index >= 15 is 0 Å². The highest BCUT2D eigenvalue weighted by atomic mass is 16.7. The van der Waals surface area contributed by atoms with Crippen molar-refractivity contribution in [1.82, 2.24) is 15.1 Å². The Morgan fingerprint density at radius 3 is 2.58 bits per heavy atom. The highest BCUT2D eigenvalue weighted by molar-refractivity contribution is 5.46. The smallest absolute Gasteiger partial charge is 0.203 e. The SMILES string of the molecule is COC1(OC)CN(c2cnn(C3CCNCC3)c2)C1. The second-order valence-corrected chi connectivity index (χ2v) is 5.33. The van der Waals surface area contributed by atoms with E-state index in [1.807, 2.05) is 6.20 Å². The number of hydrogen-bond donors (Lipinski definition) is 1. The molecule has 6 nitrogen and oxygen atoms in total. The van der Waals surface area contributed by atoms with E-state index in [-0.39, 0.29) is 0 Å². The highest BCUT2D eigenvalue weighted by Crippen LogP contribution is 2.31. The Balaban J connectivity index is 1.63. The minimum absolute atomic E-state index is 0.434. The average Bonchev–Trinajstić information content (AvgIpc) is 2.89. The number of ether oxygens (including phenoxy) is 2. The summed E-state index contributed by atoms with van der Waals surface area (Å²) in [4.78, 5) is 2.23. The molecule has 0 amide bonds. The van der Waals surface area contributed by atoms with Crippen molar-refractivity contribution in [1.29, 1.82) is 0 Å². The number of hydrogen-bond acceptors (Lipinski definition) is 5. The fraction of sp³-hybridized carbons (Fsp3) is 0.769. The summed E-state index contributed by atoms with van der Waals surface area (Å²) in [5, 5.41) is 7.89. The minimum Gasteiger partial charge on any atom is -0.358 e. The lowest BCUT2D eigenvalue weighted by Crippen LogP contribution is -2.64. The first-order valence-corrected chi connectivity index (χ1v) is 6.86. The first-order chi connectivity index (χ1) is 9.26. The van der Waals surface area contributed by atoms with Gasteiger partial charge in [0.15, 0.2) is 0 Å². The molecule has 19 heavy (non-hydrogen) atoms. The van der Waals surface area contributed by atoms with Crippen molar-refractivity contribution in [3.8, 4) is 0 Å². The summed E-state index contributed by atoms with van der Waals surface area (Å²) in [7, 11) is 3.39. The van der Waals surface area contributed by atoms with Gasteiger partial charge in [0.2, 0.25) is 5.79 Å². The van der Waals surface area contributed by atoms with Gasteiger partial charge in [-0.1, -0.05) is 0 Å². The Morgan fingerprint density at radius 2 is 1.95 bits per heavy atom. The van der Waals surface area contributed by atoms with Crippen LogP contribution in [0.3, 0.4) is 0 Å². The molecule has 0 radical (unpaired) electrons. The molecule has 0 spiro atoms. The van der Waals surface area contributed by atoms with Crippen molar-refractivity contribution in [2.24, 2.45) is 0 Å². The number of anilines is 1. The molecule has 2 fully saturated rings. The van der Waals surface area contributed by atoms with Crippen LogP contribution < -0.4 is 10.2 Å². The van der Waals surface area contributed by atoms with E-state index in [4.69, 9.17) is 9.47 Å². The van der Waals surface area contributed by atoms with E-state index in [0.717, 1.165) is 44.7 Å². The maximum atomic E-state index is 5.40. The van der Waals surface area contributed by atoms with E-state index in [0.29, 0.717) is 6.04 Å². The second-order valence-electron chi connectivity index (χ2n) is 5.33. The third-order valence-corrected chi connectivity index (χ3v) is 4.24. The lowest BCUT2D eigenvalue weighted by atomic mass is 10.1. The molecular formula is C13H22N4O2. The number of methoxy groups -OCH3 is 2. The van der Waals surface area contributed by atoms with Gasteiger partial charge in [0, 0.05) is 20.4 Å². The van der Waals surface area contributed by atoms with E-state index in [1.54, 1.807) is 14.2 Å². The zero-order chi connectivity index (χ0) is 13.3. The highest BCUT2D eigenvalue weighted by Gasteiger charge is 2.44. The van der Waals surface area contributed by atoms with Gasteiger partial charge < -0.3 is 19.7 Å². The van der Waals surface area contributed by atoms with E-state index in [1.165, 1.54) is 0 Å². The molecule has 1 N–H and O–H groups in total. The summed E-state index contributed by atoms with van der Waals surface area (Å²) in [5.41, 5.74) is 1.16. The lowest BCUT2D eigenvalue weighted by Gasteiger charge is -2.48. The van der Waals surface area contributed by atoms with Crippen molar-refractivity contribution in [3.63, 3.8) is 0 Å². The molecule has 106 valence electrons. The second kappa shape index (κ2) is 5.11. The molecule has 3 heterocycles. The normalized spacial score (nSPS) is 23.4. The zero-order valence-corrected chi connectivity index (χ0v) is 11.6. The van der Waals surface area contributed by atoms with Crippen molar-refractivity contribution < 1.29 is 9.47 Å². The Kier molecular flexibility index (Phi) is 3.47. The molecule has 0 atom stereocenters. The Hall–Kier alpha value is -1.11. The Labute approximate surface area is 113 Å². The molecular weight excluding hydrogens is 244 g/mol. The van der Waals surface area contributed by atoms with Crippen LogP contribution in [0.5, 0.6) is 0 Å². The first kappa shape index (κ1) is 12.9. The molecule has 0 aromatic carbocycles. The summed E-state index contributed by atoms with van der Waals surface area (Å²) < 4.78 is 12.9. The minimum atomic E-state index is -0.434. The third kappa shape index (κ3) is 2.35. The van der Waals surface area contributed by atoms with E-state index < -0.39 is 5.79 Å². The van der Waals surface area contributed by atoms with Crippen molar-refractivity contribution >= 4 is 5.69 Å². The fourth-order valence-electron chi connectivity index (χ4n) is 2.82. The zero-order valence-electron chi connectivity index (χ0n) is 11.6. The van der Waals surface area contributed by atoms with Gasteiger partial charge in [0.25, 0.3) is 0 Å². The van der Waals surface area contributed by atoms with Gasteiger partial charge >= 0.3 is 0 Å². The van der Waals surface area contributed by atoms with Crippen LogP contribution in [0.2, 0.25) is 0 Å². The van der Waals surface area contributed by atoms with Gasteiger partial charge in [-0.25, -0.2) is 0 Å². The predicted octanol–water partition coefficient (Wildman–Crippen LogP) is 0.617. The lowest BCUT2D eigenvalue weighted by molar-refractivity contribution is -0.219. The molecule has 1 aromatic heterocycles. The summed E-state index contributed by atoms with van der Waals surface area (Å²) in [6.07, 6.45) is 6.39. The number of aromatic nitrogens is 2. The van der Waals surface area contributed by atoms with Gasteiger partial charge in [-0.3, -0.25) is 4.68 Å². The van der Waals surface area contributed by atoms with Crippen LogP contribution in [0.25, 0.3) is 0 Å². The maximum Gasteiger partial charge on any atom is 0.203 e. The number of nitrogens with zero attached hydrogens (tertiary/aromatic N) is 3. The maximum absolute atomic E-state index is 5.40. The van der Waals surface area contributed by atoms with Gasteiger partial charge in [0.05, 0.1) is 31.0 Å². The average molecular weight is 266 g/mol. The van der Waals surface area contributed by atoms with Gasteiger partial charge in [-0.15, -0.1) is 0 Å². The predicted molar refractivity (Wildman–Crippen MR) is 72.3 cm³/mol. The largest absolute Gasteiger partial charge is 0.358 e. The van der Waals surface area contributed by atoms with Crippen LogP contribution >= 0.6 is 0 Å². The monoisotopic (exact) mass is 266 g/mol. The van der Waals surface area contributed by atoms with E-state index in [2.05, 4.69) is 26.2 Å². The van der Waals surface area contributed by atoms with Gasteiger partial charge in [0.1, 0.15) is 0 Å². The van der Waals surface area contributed by atoms with Gasteiger partial charge in [-0.05, 0) is 25.9 Å². The first-order valence-electron chi connectivity index (χ1n) is 6.86. The van der Waals surface area contributed by atoms with Crippen LogP contribution in [-0.2, 0) is 9.47 Å². The topological polar surface area (TPSA) is 51.6 Å². The molecule has 1 aromatic rings. The van der Waals surface area contributed by atoms with Crippen molar-refractivity contribution in [3.05, 3.63) is 12.4 Å². The molecule has 0 bridgehead atoms. The molecule has 2 aliphatic heterocycles. The Bertz CT molecular complexity index is 416. The van der Waals surface area contributed by atoms with Crippen LogP contribution in [0, 0.1) is 0 Å². The quantitative estimate of drug-likeness (QED) is 0.810. The molecule has 2 saturated heterocycles. The third-order valence-electron chi connectivity index (χ3n) is 4.24. The molecule has 2 aliphatic rings. The van der Waals surface area contributed by atoms with Crippen molar-refractivity contribution in [2.45, 2.75) is 24.7 Å². The summed E-state index contributed by atoms with van der Waals surface area (Å²) in [6.45, 7) is 3.69. The summed E-state index contributed by atoms with van der Waals surface area (Å²) in [6, 6.07) is 0.533. The molecule has 0 saturated carbocycles. The number of rotatable bonds is 4. The molecule has 3 rings (SSSR count). The molecule has 0 unspecified atom stereocenters. The van der Waals surface area contributed by atoms with Crippen LogP contribution in [0.4, 0.5) is 5.69 Å². The Morgan fingerprint density at radius 1 is 1.26 bits per heavy atom. The van der Waals surface area contributed by atoms with Crippen LogP contribution in [-0.4, -0.2) is 56.0 Å².